The topological polar surface area (TPSA) is 9.23 Å². The fraction of sp³-hybridized carbons (Fsp3) is 0.143. The van der Waals surface area contributed by atoms with Crippen LogP contribution in [0.25, 0.3) is 0 Å². The van der Waals surface area contributed by atoms with Gasteiger partial charge >= 0.3 is 0 Å². The van der Waals surface area contributed by atoms with Gasteiger partial charge in [0.1, 0.15) is 11.5 Å². The van der Waals surface area contributed by atoms with Crippen LogP contribution in [0.2, 0.25) is 0 Å². The zero-order valence-electron chi connectivity index (χ0n) is 9.71. The molecule has 2 aromatic rings. The van der Waals surface area contributed by atoms with Crippen LogP contribution in [0.15, 0.2) is 45.3 Å². The smallest absolute Gasteiger partial charge is 0.130 e. The van der Waals surface area contributed by atoms with Crippen LogP contribution < -0.4 is 4.74 Å². The van der Waals surface area contributed by atoms with Gasteiger partial charge in [0.2, 0.25) is 0 Å². The predicted octanol–water partition coefficient (Wildman–Crippen LogP) is 6.21. The minimum absolute atomic E-state index is 0.825. The molecular formula is C14H11Br3O. The average Bonchev–Trinajstić information content (AvgIpc) is 2.33. The van der Waals surface area contributed by atoms with Gasteiger partial charge < -0.3 is 4.74 Å². The first-order valence-corrected chi connectivity index (χ1v) is 8.09. The zero-order chi connectivity index (χ0) is 13.1. The Kier molecular flexibility index (Phi) is 4.87. The Hall–Kier alpha value is -0.320. The molecule has 0 aliphatic rings. The molecule has 0 aliphatic carbocycles. The van der Waals surface area contributed by atoms with Gasteiger partial charge in [-0.15, -0.1) is 0 Å². The molecule has 0 bridgehead atoms. The van der Waals surface area contributed by atoms with Crippen molar-refractivity contribution < 1.29 is 4.74 Å². The lowest BCUT2D eigenvalue weighted by Gasteiger charge is -2.10. The molecule has 0 spiro atoms. The second kappa shape index (κ2) is 6.22. The molecule has 0 saturated carbocycles. The highest BCUT2D eigenvalue weighted by atomic mass is 79.9. The average molecular weight is 435 g/mol. The largest absolute Gasteiger partial charge is 0.457 e. The van der Waals surface area contributed by atoms with Crippen LogP contribution in [0.5, 0.6) is 11.5 Å². The van der Waals surface area contributed by atoms with Crippen molar-refractivity contribution in [2.24, 2.45) is 0 Å². The van der Waals surface area contributed by atoms with Crippen LogP contribution in [-0.2, 0) is 5.33 Å². The minimum atomic E-state index is 0.825. The summed E-state index contributed by atoms with van der Waals surface area (Å²) in [5, 5.41) is 0.825. The maximum absolute atomic E-state index is 5.88. The van der Waals surface area contributed by atoms with Gasteiger partial charge in [0, 0.05) is 14.3 Å². The van der Waals surface area contributed by atoms with E-state index in [4.69, 9.17) is 4.74 Å². The van der Waals surface area contributed by atoms with E-state index >= 15 is 0 Å². The highest BCUT2D eigenvalue weighted by molar-refractivity contribution is 9.11. The van der Waals surface area contributed by atoms with Crippen molar-refractivity contribution in [1.29, 1.82) is 0 Å². The van der Waals surface area contributed by atoms with E-state index in [9.17, 15) is 0 Å². The van der Waals surface area contributed by atoms with Crippen LogP contribution in [0.3, 0.4) is 0 Å². The maximum atomic E-state index is 5.88. The van der Waals surface area contributed by atoms with Crippen molar-refractivity contribution in [3.63, 3.8) is 0 Å². The molecule has 18 heavy (non-hydrogen) atoms. The summed E-state index contributed by atoms with van der Waals surface area (Å²) in [4.78, 5) is 0. The highest BCUT2D eigenvalue weighted by Crippen LogP contribution is 2.30. The van der Waals surface area contributed by atoms with Gasteiger partial charge in [0.05, 0.1) is 0 Å². The van der Waals surface area contributed by atoms with Crippen molar-refractivity contribution in [3.8, 4) is 11.5 Å². The van der Waals surface area contributed by atoms with Crippen LogP contribution in [0.1, 0.15) is 11.1 Å². The quantitative estimate of drug-likeness (QED) is 0.522. The molecule has 0 saturated heterocycles. The second-order valence-electron chi connectivity index (χ2n) is 3.90. The van der Waals surface area contributed by atoms with E-state index in [1.807, 2.05) is 43.3 Å². The molecule has 0 amide bonds. The zero-order valence-corrected chi connectivity index (χ0v) is 14.5. The first-order chi connectivity index (χ1) is 8.60. The second-order valence-corrected chi connectivity index (χ2v) is 6.23. The Morgan fingerprint density at radius 3 is 2.44 bits per heavy atom. The predicted molar refractivity (Wildman–Crippen MR) is 85.7 cm³/mol. The third-order valence-electron chi connectivity index (χ3n) is 2.53. The lowest BCUT2D eigenvalue weighted by Crippen LogP contribution is -1.89. The third kappa shape index (κ3) is 3.37. The normalized spacial score (nSPS) is 10.4. The molecule has 94 valence electrons. The number of hydrogen-bond donors (Lipinski definition) is 0. The number of benzene rings is 2. The van der Waals surface area contributed by atoms with Crippen LogP contribution in [0.4, 0.5) is 0 Å². The lowest BCUT2D eigenvalue weighted by atomic mass is 10.2. The Morgan fingerprint density at radius 1 is 1.06 bits per heavy atom. The third-order valence-corrected chi connectivity index (χ3v) is 4.37. The number of halogens is 3. The van der Waals surface area contributed by atoms with Gasteiger partial charge in [0.25, 0.3) is 0 Å². The number of rotatable bonds is 3. The molecule has 0 aromatic heterocycles. The lowest BCUT2D eigenvalue weighted by molar-refractivity contribution is 0.478. The van der Waals surface area contributed by atoms with E-state index in [0.29, 0.717) is 0 Å². The van der Waals surface area contributed by atoms with E-state index < -0.39 is 0 Å². The van der Waals surface area contributed by atoms with Crippen molar-refractivity contribution in [2.45, 2.75) is 12.3 Å². The van der Waals surface area contributed by atoms with Crippen molar-refractivity contribution >= 4 is 47.8 Å². The van der Waals surface area contributed by atoms with Gasteiger partial charge in [-0.25, -0.2) is 0 Å². The number of hydrogen-bond acceptors (Lipinski definition) is 1. The molecule has 0 heterocycles. The molecule has 0 atom stereocenters. The number of alkyl halides is 1. The first-order valence-electron chi connectivity index (χ1n) is 5.38. The fourth-order valence-electron chi connectivity index (χ4n) is 1.55. The Morgan fingerprint density at radius 2 is 1.83 bits per heavy atom. The summed E-state index contributed by atoms with van der Waals surface area (Å²) >= 11 is 10.4. The van der Waals surface area contributed by atoms with E-state index in [1.54, 1.807) is 0 Å². The molecule has 2 aromatic carbocycles. The van der Waals surface area contributed by atoms with E-state index in [0.717, 1.165) is 31.3 Å². The van der Waals surface area contributed by atoms with Crippen LogP contribution >= 0.6 is 47.8 Å². The van der Waals surface area contributed by atoms with E-state index in [-0.39, 0.29) is 0 Å². The molecule has 0 aliphatic heterocycles. The summed E-state index contributed by atoms with van der Waals surface area (Å²) < 4.78 is 7.98. The van der Waals surface area contributed by atoms with Crippen molar-refractivity contribution in [2.75, 3.05) is 0 Å². The summed E-state index contributed by atoms with van der Waals surface area (Å²) in [5.74, 6) is 1.70. The Balaban J connectivity index is 2.26. The monoisotopic (exact) mass is 432 g/mol. The van der Waals surface area contributed by atoms with Crippen LogP contribution in [-0.4, -0.2) is 0 Å². The van der Waals surface area contributed by atoms with Crippen molar-refractivity contribution in [1.82, 2.24) is 0 Å². The molecular weight excluding hydrogens is 424 g/mol. The van der Waals surface area contributed by atoms with Gasteiger partial charge in [0.15, 0.2) is 0 Å². The molecule has 1 nitrogen and oxygen atoms in total. The van der Waals surface area contributed by atoms with Gasteiger partial charge in [-0.05, 0) is 48.4 Å². The van der Waals surface area contributed by atoms with E-state index in [1.165, 1.54) is 5.56 Å². The molecule has 0 N–H and O–H groups in total. The maximum Gasteiger partial charge on any atom is 0.130 e. The molecule has 2 rings (SSSR count). The SMILES string of the molecule is Cc1cc(Br)ccc1Oc1ccc(CBr)c(Br)c1. The van der Waals surface area contributed by atoms with E-state index in [2.05, 4.69) is 47.8 Å². The number of ether oxygens (including phenoxy) is 1. The molecule has 0 fully saturated rings. The Bertz CT molecular complexity index is 567. The highest BCUT2D eigenvalue weighted by Gasteiger charge is 2.05. The Labute approximate surface area is 132 Å². The first kappa shape index (κ1) is 14.1. The molecule has 4 heteroatoms. The van der Waals surface area contributed by atoms with Gasteiger partial charge in [-0.3, -0.25) is 0 Å². The van der Waals surface area contributed by atoms with Gasteiger partial charge in [-0.1, -0.05) is 53.9 Å². The summed E-state index contributed by atoms with van der Waals surface area (Å²) in [6, 6.07) is 12.0. The van der Waals surface area contributed by atoms with Gasteiger partial charge in [-0.2, -0.15) is 0 Å². The molecule has 0 radical (unpaired) electrons. The summed E-state index contributed by atoms with van der Waals surface area (Å²) in [7, 11) is 0. The standard InChI is InChI=1S/C14H11Br3O/c1-9-6-11(16)3-5-14(9)18-12-4-2-10(8-15)13(17)7-12/h2-7H,8H2,1H3. The number of aryl methyl sites for hydroxylation is 1. The minimum Gasteiger partial charge on any atom is -0.457 e. The van der Waals surface area contributed by atoms with Crippen LogP contribution in [0, 0.1) is 6.92 Å². The summed E-state index contributed by atoms with van der Waals surface area (Å²) in [6.07, 6.45) is 0. The fourth-order valence-corrected chi connectivity index (χ4v) is 3.39. The summed E-state index contributed by atoms with van der Waals surface area (Å²) in [5.41, 5.74) is 2.31. The van der Waals surface area contributed by atoms with Crippen molar-refractivity contribution in [3.05, 3.63) is 56.5 Å². The summed E-state index contributed by atoms with van der Waals surface area (Å²) in [6.45, 7) is 2.03. The molecule has 0 unspecified atom stereocenters.